The summed E-state index contributed by atoms with van der Waals surface area (Å²) in [6.07, 6.45) is 6.35. The molecule has 3 aliphatic rings. The van der Waals surface area contributed by atoms with Crippen LogP contribution in [-0.2, 0) is 15.0 Å². The highest BCUT2D eigenvalue weighted by molar-refractivity contribution is 6.31. The maximum Gasteiger partial charge on any atom is 0.237 e. The van der Waals surface area contributed by atoms with E-state index in [9.17, 15) is 9.59 Å². The van der Waals surface area contributed by atoms with Crippen LogP contribution in [0.3, 0.4) is 0 Å². The van der Waals surface area contributed by atoms with Crippen molar-refractivity contribution in [1.29, 1.82) is 5.26 Å². The van der Waals surface area contributed by atoms with Gasteiger partial charge in [0.25, 0.3) is 0 Å². The Bertz CT molecular complexity index is 1640. The lowest BCUT2D eigenvalue weighted by Crippen LogP contribution is -2.59. The van der Waals surface area contributed by atoms with Crippen LogP contribution in [0.15, 0.2) is 83.9 Å². The monoisotopic (exact) mass is 589 g/mol. The Morgan fingerprint density at radius 2 is 1.70 bits per heavy atom. The third-order valence-corrected chi connectivity index (χ3v) is 8.63. The Morgan fingerprint density at radius 3 is 2.45 bits per heavy atom. The van der Waals surface area contributed by atoms with Crippen LogP contribution in [0.1, 0.15) is 35.6 Å². The van der Waals surface area contributed by atoms with Crippen molar-refractivity contribution in [2.45, 2.75) is 24.3 Å². The summed E-state index contributed by atoms with van der Waals surface area (Å²) in [6, 6.07) is 18.4. The molecule has 200 valence electrons. The minimum Gasteiger partial charge on any atom is -0.457 e. The van der Waals surface area contributed by atoms with Crippen LogP contribution in [0.5, 0.6) is 11.5 Å². The molecular weight excluding hydrogens is 569 g/mol. The highest BCUT2D eigenvalue weighted by Crippen LogP contribution is 2.58. The average Bonchev–Trinajstić information content (AvgIpc) is 3.22. The zero-order valence-electron chi connectivity index (χ0n) is 21.0. The largest absolute Gasteiger partial charge is 0.457 e. The van der Waals surface area contributed by atoms with E-state index >= 15 is 0 Å². The molecule has 2 amide bonds. The standard InChI is InChI=1S/C31H22Cl3N3O3/c32-19-3-1-2-18(12-19)25-15-28(38)37-29(31(25)24-10-6-21(34)14-26(24)36-30(31)39)23-13-20(33)7-11-27(23)40-22-8-4-17(16-35)5-9-22/h1-11,13-14,18,25,29H,12,15H2,(H,36,39)(H,37,38)/t18?,25-,29+,31-/m0/s1. The summed E-state index contributed by atoms with van der Waals surface area (Å²) in [7, 11) is 0. The Hall–Kier alpha value is -3.76. The first kappa shape index (κ1) is 26.5. The Kier molecular flexibility index (Phi) is 6.83. The van der Waals surface area contributed by atoms with Gasteiger partial charge in [0.1, 0.15) is 16.9 Å². The normalized spacial score (nSPS) is 25.1. The van der Waals surface area contributed by atoms with Crippen LogP contribution in [0.4, 0.5) is 5.69 Å². The van der Waals surface area contributed by atoms with Crippen molar-refractivity contribution in [2.75, 3.05) is 5.32 Å². The fraction of sp³-hybridized carbons (Fsp3) is 0.194. The summed E-state index contributed by atoms with van der Waals surface area (Å²) in [5.74, 6) is -0.144. The molecule has 1 spiro atoms. The summed E-state index contributed by atoms with van der Waals surface area (Å²) < 4.78 is 6.28. The first-order valence-corrected chi connectivity index (χ1v) is 13.8. The Labute approximate surface area is 246 Å². The summed E-state index contributed by atoms with van der Waals surface area (Å²) in [6.45, 7) is 0. The summed E-state index contributed by atoms with van der Waals surface area (Å²) in [4.78, 5) is 27.7. The van der Waals surface area contributed by atoms with Gasteiger partial charge in [-0.15, -0.1) is 0 Å². The van der Waals surface area contributed by atoms with Gasteiger partial charge in [-0.1, -0.05) is 53.0 Å². The lowest BCUT2D eigenvalue weighted by Gasteiger charge is -2.49. The smallest absolute Gasteiger partial charge is 0.237 e. The van der Waals surface area contributed by atoms with Gasteiger partial charge in [-0.3, -0.25) is 9.59 Å². The molecule has 0 bridgehead atoms. The van der Waals surface area contributed by atoms with E-state index in [1.165, 1.54) is 0 Å². The number of nitrogens with one attached hydrogen (secondary N) is 2. The number of nitriles is 1. The van der Waals surface area contributed by atoms with Crippen molar-refractivity contribution in [3.8, 4) is 17.6 Å². The molecule has 6 rings (SSSR count). The number of nitrogens with zero attached hydrogens (tertiary/aromatic N) is 1. The van der Waals surface area contributed by atoms with Crippen LogP contribution < -0.4 is 15.4 Å². The number of anilines is 1. The molecule has 6 nitrogen and oxygen atoms in total. The minimum absolute atomic E-state index is 0.123. The number of amides is 2. The number of hydrogen-bond donors (Lipinski definition) is 2. The molecule has 0 aromatic heterocycles. The maximum absolute atomic E-state index is 14.3. The van der Waals surface area contributed by atoms with E-state index in [-0.39, 0.29) is 24.2 Å². The first-order chi connectivity index (χ1) is 19.3. The molecule has 4 atom stereocenters. The molecule has 2 heterocycles. The highest BCUT2D eigenvalue weighted by atomic mass is 35.5. The summed E-state index contributed by atoms with van der Waals surface area (Å²) >= 11 is 19.3. The van der Waals surface area contributed by atoms with E-state index in [4.69, 9.17) is 44.8 Å². The molecule has 3 aromatic carbocycles. The van der Waals surface area contributed by atoms with Crippen molar-refractivity contribution in [3.05, 3.63) is 111 Å². The van der Waals surface area contributed by atoms with Gasteiger partial charge in [-0.05, 0) is 84.5 Å². The van der Waals surface area contributed by atoms with E-state index in [2.05, 4.69) is 16.7 Å². The van der Waals surface area contributed by atoms with Gasteiger partial charge < -0.3 is 15.4 Å². The summed E-state index contributed by atoms with van der Waals surface area (Å²) in [5.41, 5.74) is 1.16. The second-order valence-corrected chi connectivity index (χ2v) is 11.5. The lowest BCUT2D eigenvalue weighted by molar-refractivity contribution is -0.135. The molecule has 0 radical (unpaired) electrons. The highest BCUT2D eigenvalue weighted by Gasteiger charge is 2.62. The number of rotatable bonds is 4. The van der Waals surface area contributed by atoms with Crippen LogP contribution in [0.2, 0.25) is 10.0 Å². The second-order valence-electron chi connectivity index (χ2n) is 10.1. The molecule has 2 N–H and O–H groups in total. The third-order valence-electron chi connectivity index (χ3n) is 7.88. The molecular formula is C31H22Cl3N3O3. The van der Waals surface area contributed by atoms with Gasteiger partial charge in [-0.2, -0.15) is 5.26 Å². The fourth-order valence-corrected chi connectivity index (χ4v) is 6.81. The summed E-state index contributed by atoms with van der Waals surface area (Å²) in [5, 5.41) is 16.9. The fourth-order valence-electron chi connectivity index (χ4n) is 6.21. The molecule has 1 saturated heterocycles. The number of benzene rings is 3. The number of allylic oxidation sites excluding steroid dienone is 4. The van der Waals surface area contributed by atoms with Crippen molar-refractivity contribution >= 4 is 52.3 Å². The quantitative estimate of drug-likeness (QED) is 0.331. The molecule has 40 heavy (non-hydrogen) atoms. The zero-order chi connectivity index (χ0) is 28.0. The number of carbonyl (C=O) groups is 2. The van der Waals surface area contributed by atoms with Gasteiger partial charge in [0.05, 0.1) is 17.7 Å². The number of halogens is 3. The van der Waals surface area contributed by atoms with Gasteiger partial charge >= 0.3 is 0 Å². The topological polar surface area (TPSA) is 91.2 Å². The Morgan fingerprint density at radius 1 is 0.950 bits per heavy atom. The van der Waals surface area contributed by atoms with Gasteiger partial charge in [0, 0.05) is 32.7 Å². The van der Waals surface area contributed by atoms with Gasteiger partial charge in [0.2, 0.25) is 11.8 Å². The molecule has 3 aromatic rings. The molecule has 1 aliphatic carbocycles. The van der Waals surface area contributed by atoms with Crippen LogP contribution in [0, 0.1) is 23.2 Å². The van der Waals surface area contributed by atoms with Crippen molar-refractivity contribution in [1.82, 2.24) is 5.32 Å². The van der Waals surface area contributed by atoms with Crippen molar-refractivity contribution in [3.63, 3.8) is 0 Å². The van der Waals surface area contributed by atoms with Crippen LogP contribution >= 0.6 is 34.8 Å². The van der Waals surface area contributed by atoms with Crippen molar-refractivity contribution < 1.29 is 14.3 Å². The maximum atomic E-state index is 14.3. The molecule has 2 aliphatic heterocycles. The Balaban J connectivity index is 1.55. The van der Waals surface area contributed by atoms with E-state index in [1.54, 1.807) is 54.6 Å². The molecule has 9 heteroatoms. The van der Waals surface area contributed by atoms with Crippen molar-refractivity contribution in [2.24, 2.45) is 11.8 Å². The van der Waals surface area contributed by atoms with Gasteiger partial charge in [0.15, 0.2) is 0 Å². The SMILES string of the molecule is N#Cc1ccc(Oc2ccc(Cl)cc2[C@H]2NC(=O)C[C@@H](C3C=CC=C(Cl)C3)[C@]23C(=O)Nc2cc(Cl)ccc23)cc1. The number of piperidine rings is 1. The minimum atomic E-state index is -1.22. The van der Waals surface area contributed by atoms with Crippen LogP contribution in [0.25, 0.3) is 0 Å². The zero-order valence-corrected chi connectivity index (χ0v) is 23.2. The number of hydrogen-bond acceptors (Lipinski definition) is 4. The second kappa shape index (κ2) is 10.3. The molecule has 1 fully saturated rings. The van der Waals surface area contributed by atoms with Crippen LogP contribution in [-0.4, -0.2) is 11.8 Å². The first-order valence-electron chi connectivity index (χ1n) is 12.7. The number of fused-ring (bicyclic) bond motifs is 2. The number of ether oxygens (including phenoxy) is 1. The number of carbonyl (C=O) groups excluding carboxylic acids is 2. The predicted molar refractivity (Wildman–Crippen MR) is 155 cm³/mol. The average molecular weight is 591 g/mol. The lowest BCUT2D eigenvalue weighted by atomic mass is 9.57. The predicted octanol–water partition coefficient (Wildman–Crippen LogP) is 7.42. The van der Waals surface area contributed by atoms with Gasteiger partial charge in [-0.25, -0.2) is 0 Å². The molecule has 0 saturated carbocycles. The van der Waals surface area contributed by atoms with E-state index in [1.807, 2.05) is 24.3 Å². The van der Waals surface area contributed by atoms with E-state index in [0.717, 1.165) is 5.56 Å². The van der Waals surface area contributed by atoms with E-state index < -0.39 is 17.4 Å². The third kappa shape index (κ3) is 4.45. The molecule has 1 unspecified atom stereocenters. The van der Waals surface area contributed by atoms with E-state index in [0.29, 0.717) is 49.8 Å².